The quantitative estimate of drug-likeness (QED) is 0.715. The van der Waals surface area contributed by atoms with Crippen molar-refractivity contribution in [1.29, 1.82) is 0 Å². The smallest absolute Gasteiger partial charge is 0.261 e. The van der Waals surface area contributed by atoms with Crippen LogP contribution < -0.4 is 10.2 Å². The van der Waals surface area contributed by atoms with E-state index >= 15 is 0 Å². The Morgan fingerprint density at radius 3 is 2.37 bits per heavy atom. The van der Waals surface area contributed by atoms with Crippen LogP contribution in [-0.2, 0) is 4.79 Å². The van der Waals surface area contributed by atoms with Gasteiger partial charge in [-0.05, 0) is 49.4 Å². The number of imide groups is 1. The number of nitrogens with zero attached hydrogens (tertiary/aromatic N) is 3. The van der Waals surface area contributed by atoms with Crippen LogP contribution in [0.25, 0.3) is 0 Å². The van der Waals surface area contributed by atoms with Crippen molar-refractivity contribution in [1.82, 2.24) is 15.2 Å². The number of pyridine rings is 1. The lowest BCUT2D eigenvalue weighted by molar-refractivity contribution is -0.121. The van der Waals surface area contributed by atoms with Crippen molar-refractivity contribution in [2.75, 3.05) is 31.1 Å². The van der Waals surface area contributed by atoms with Crippen LogP contribution in [0.3, 0.4) is 0 Å². The van der Waals surface area contributed by atoms with E-state index in [9.17, 15) is 14.4 Å². The highest BCUT2D eigenvalue weighted by Crippen LogP contribution is 2.23. The molecule has 2 aliphatic rings. The molecule has 30 heavy (non-hydrogen) atoms. The summed E-state index contributed by atoms with van der Waals surface area (Å²) in [6, 6.07) is 10.9. The van der Waals surface area contributed by atoms with Crippen LogP contribution >= 0.6 is 0 Å². The molecule has 156 valence electrons. The predicted octanol–water partition coefficient (Wildman–Crippen LogP) is 2.49. The van der Waals surface area contributed by atoms with Gasteiger partial charge in [0.05, 0.1) is 23.0 Å². The Balaban J connectivity index is 1.15. The summed E-state index contributed by atoms with van der Waals surface area (Å²) >= 11 is 0. The summed E-state index contributed by atoms with van der Waals surface area (Å²) in [4.78, 5) is 44.6. The van der Waals surface area contributed by atoms with E-state index in [-0.39, 0.29) is 24.3 Å². The number of hydrogen-bond acceptors (Lipinski definition) is 5. The molecular formula is C23H26N4O3. The van der Waals surface area contributed by atoms with Crippen LogP contribution in [-0.4, -0.2) is 53.8 Å². The highest BCUT2D eigenvalue weighted by atomic mass is 16.2. The number of amides is 3. The SMILES string of the molecule is O=C(CCCN1C(=O)c2ccccc2C1=O)NCC1CCN(c2cccnc2)CC1. The van der Waals surface area contributed by atoms with Crippen LogP contribution in [0, 0.1) is 5.92 Å². The summed E-state index contributed by atoms with van der Waals surface area (Å²) in [6.07, 6.45) is 6.50. The van der Waals surface area contributed by atoms with E-state index in [4.69, 9.17) is 0 Å². The first kappa shape index (κ1) is 20.1. The molecule has 0 atom stereocenters. The van der Waals surface area contributed by atoms with Crippen molar-refractivity contribution in [2.45, 2.75) is 25.7 Å². The molecule has 2 aromatic rings. The first-order valence-corrected chi connectivity index (χ1v) is 10.5. The Morgan fingerprint density at radius 1 is 1.03 bits per heavy atom. The zero-order valence-electron chi connectivity index (χ0n) is 16.9. The molecule has 1 aromatic heterocycles. The van der Waals surface area contributed by atoms with Crippen LogP contribution in [0.4, 0.5) is 5.69 Å². The van der Waals surface area contributed by atoms with Crippen molar-refractivity contribution >= 4 is 23.4 Å². The normalized spacial score (nSPS) is 16.7. The number of rotatable bonds is 7. The lowest BCUT2D eigenvalue weighted by atomic mass is 9.96. The van der Waals surface area contributed by atoms with E-state index in [0.29, 0.717) is 36.4 Å². The second kappa shape index (κ2) is 9.07. The third-order valence-corrected chi connectivity index (χ3v) is 5.88. The van der Waals surface area contributed by atoms with Gasteiger partial charge in [-0.2, -0.15) is 0 Å². The monoisotopic (exact) mass is 406 g/mol. The lowest BCUT2D eigenvalue weighted by Crippen LogP contribution is -2.39. The number of fused-ring (bicyclic) bond motifs is 1. The minimum Gasteiger partial charge on any atom is -0.370 e. The molecule has 1 aromatic carbocycles. The maximum Gasteiger partial charge on any atom is 0.261 e. The zero-order valence-corrected chi connectivity index (χ0v) is 16.9. The summed E-state index contributed by atoms with van der Waals surface area (Å²) in [5.74, 6) is -0.0906. The molecule has 7 heteroatoms. The Hall–Kier alpha value is -3.22. The number of anilines is 1. The first-order chi connectivity index (χ1) is 14.6. The van der Waals surface area contributed by atoms with E-state index in [1.807, 2.05) is 12.3 Å². The van der Waals surface area contributed by atoms with Gasteiger partial charge in [0.15, 0.2) is 0 Å². The molecule has 0 spiro atoms. The number of piperidine rings is 1. The second-order valence-corrected chi connectivity index (χ2v) is 7.86. The van der Waals surface area contributed by atoms with Gasteiger partial charge in [0, 0.05) is 38.8 Å². The Bertz CT molecular complexity index is 888. The molecule has 7 nitrogen and oxygen atoms in total. The van der Waals surface area contributed by atoms with Gasteiger partial charge in [-0.3, -0.25) is 24.3 Å². The molecule has 1 saturated heterocycles. The second-order valence-electron chi connectivity index (χ2n) is 7.86. The van der Waals surface area contributed by atoms with Crippen molar-refractivity contribution < 1.29 is 14.4 Å². The Morgan fingerprint density at radius 2 is 1.73 bits per heavy atom. The largest absolute Gasteiger partial charge is 0.370 e. The topological polar surface area (TPSA) is 82.6 Å². The van der Waals surface area contributed by atoms with Gasteiger partial charge in [0.1, 0.15) is 0 Å². The molecule has 3 amide bonds. The third kappa shape index (κ3) is 4.35. The average Bonchev–Trinajstić information content (AvgIpc) is 3.04. The highest BCUT2D eigenvalue weighted by molar-refractivity contribution is 6.21. The zero-order chi connectivity index (χ0) is 20.9. The summed E-state index contributed by atoms with van der Waals surface area (Å²) < 4.78 is 0. The fourth-order valence-electron chi connectivity index (χ4n) is 4.12. The Kier molecular flexibility index (Phi) is 6.07. The highest BCUT2D eigenvalue weighted by Gasteiger charge is 2.34. The van der Waals surface area contributed by atoms with Crippen molar-refractivity contribution in [3.05, 3.63) is 59.9 Å². The van der Waals surface area contributed by atoms with Crippen molar-refractivity contribution in [3.8, 4) is 0 Å². The maximum atomic E-state index is 12.3. The van der Waals surface area contributed by atoms with E-state index in [2.05, 4.69) is 21.3 Å². The van der Waals surface area contributed by atoms with Crippen LogP contribution in [0.2, 0.25) is 0 Å². The van der Waals surface area contributed by atoms with Crippen LogP contribution in [0.15, 0.2) is 48.8 Å². The van der Waals surface area contributed by atoms with Gasteiger partial charge in [0.2, 0.25) is 5.91 Å². The molecule has 0 radical (unpaired) electrons. The van der Waals surface area contributed by atoms with Crippen molar-refractivity contribution in [3.63, 3.8) is 0 Å². The molecule has 0 bridgehead atoms. The molecule has 0 saturated carbocycles. The molecule has 4 rings (SSSR count). The minimum absolute atomic E-state index is 0.0266. The number of hydrogen-bond donors (Lipinski definition) is 1. The standard InChI is InChI=1S/C23H26N4O3/c28-21(8-4-12-27-22(29)19-6-1-2-7-20(19)23(27)30)25-15-17-9-13-26(14-10-17)18-5-3-11-24-16-18/h1-3,5-7,11,16-17H,4,8-10,12-15H2,(H,25,28). The summed E-state index contributed by atoms with van der Waals surface area (Å²) in [5.41, 5.74) is 2.04. The predicted molar refractivity (Wildman–Crippen MR) is 113 cm³/mol. The van der Waals surface area contributed by atoms with E-state index in [1.54, 1.807) is 30.5 Å². The van der Waals surface area contributed by atoms with Gasteiger partial charge in [-0.15, -0.1) is 0 Å². The van der Waals surface area contributed by atoms with Crippen LogP contribution in [0.1, 0.15) is 46.4 Å². The van der Waals surface area contributed by atoms with Gasteiger partial charge < -0.3 is 10.2 Å². The molecule has 0 unspecified atom stereocenters. The average molecular weight is 406 g/mol. The van der Waals surface area contributed by atoms with E-state index < -0.39 is 0 Å². The molecule has 2 aliphatic heterocycles. The van der Waals surface area contributed by atoms with Gasteiger partial charge >= 0.3 is 0 Å². The number of nitrogens with one attached hydrogen (secondary N) is 1. The van der Waals surface area contributed by atoms with Gasteiger partial charge in [-0.25, -0.2) is 0 Å². The van der Waals surface area contributed by atoms with E-state index in [0.717, 1.165) is 31.6 Å². The van der Waals surface area contributed by atoms with E-state index in [1.165, 1.54) is 4.90 Å². The number of aromatic nitrogens is 1. The Labute approximate surface area is 176 Å². The minimum atomic E-state index is -0.267. The molecular weight excluding hydrogens is 380 g/mol. The van der Waals surface area contributed by atoms with Crippen molar-refractivity contribution in [2.24, 2.45) is 5.92 Å². The number of benzene rings is 1. The van der Waals surface area contributed by atoms with Gasteiger partial charge in [0.25, 0.3) is 11.8 Å². The summed E-state index contributed by atoms with van der Waals surface area (Å²) in [7, 11) is 0. The first-order valence-electron chi connectivity index (χ1n) is 10.5. The van der Waals surface area contributed by atoms with Gasteiger partial charge in [-0.1, -0.05) is 12.1 Å². The fraction of sp³-hybridized carbons (Fsp3) is 0.391. The third-order valence-electron chi connectivity index (χ3n) is 5.88. The number of carbonyl (C=O) groups excluding carboxylic acids is 3. The summed E-state index contributed by atoms with van der Waals surface area (Å²) in [5, 5.41) is 3.01. The summed E-state index contributed by atoms with van der Waals surface area (Å²) in [6.45, 7) is 2.87. The lowest BCUT2D eigenvalue weighted by Gasteiger charge is -2.33. The fourth-order valence-corrected chi connectivity index (χ4v) is 4.12. The maximum absolute atomic E-state index is 12.3. The van der Waals surface area contributed by atoms with Crippen LogP contribution in [0.5, 0.6) is 0 Å². The molecule has 1 N–H and O–H groups in total. The molecule has 1 fully saturated rings. The molecule has 3 heterocycles. The molecule has 0 aliphatic carbocycles. The number of carbonyl (C=O) groups is 3.